The van der Waals surface area contributed by atoms with E-state index in [2.05, 4.69) is 15.2 Å². The second-order valence-electron chi connectivity index (χ2n) is 4.56. The van der Waals surface area contributed by atoms with E-state index in [0.717, 1.165) is 5.69 Å². The maximum absolute atomic E-state index is 12.0. The number of amides is 1. The van der Waals surface area contributed by atoms with Crippen molar-refractivity contribution in [1.29, 1.82) is 0 Å². The fraction of sp³-hybridized carbons (Fsp3) is 0.385. The van der Waals surface area contributed by atoms with Crippen LogP contribution >= 0.6 is 11.8 Å². The third kappa shape index (κ3) is 3.20. The molecular formula is C13H16N4OS. The molecule has 2 heterocycles. The highest BCUT2D eigenvalue weighted by molar-refractivity contribution is 8.15. The lowest BCUT2D eigenvalue weighted by atomic mass is 10.1. The first-order valence-electron chi connectivity index (χ1n) is 6.06. The van der Waals surface area contributed by atoms with Crippen molar-refractivity contribution in [2.75, 3.05) is 7.05 Å². The molecule has 1 aliphatic rings. The lowest BCUT2D eigenvalue weighted by molar-refractivity contribution is -0.125. The standard InChI is InChI=1S/C13H16N4OS/c1-9(2)11-12(18)17(3)13(19-11)16-15-8-10-6-4-5-7-14-10/h4-9,11H,1-3H3/b15-8+,16-13+. The second-order valence-corrected chi connectivity index (χ2v) is 5.67. The van der Waals surface area contributed by atoms with E-state index in [1.54, 1.807) is 24.4 Å². The summed E-state index contributed by atoms with van der Waals surface area (Å²) in [5.74, 6) is 0.374. The number of rotatable bonds is 3. The minimum atomic E-state index is -0.0613. The summed E-state index contributed by atoms with van der Waals surface area (Å²) in [7, 11) is 1.73. The Bertz CT molecular complexity index is 513. The monoisotopic (exact) mass is 276 g/mol. The zero-order chi connectivity index (χ0) is 13.8. The SMILES string of the molecule is CC(C)C1S/C(=N/N=C/c2ccccn2)N(C)C1=O. The van der Waals surface area contributed by atoms with E-state index in [1.807, 2.05) is 32.0 Å². The topological polar surface area (TPSA) is 57.9 Å². The van der Waals surface area contributed by atoms with Gasteiger partial charge in [0.25, 0.3) is 0 Å². The minimum Gasteiger partial charge on any atom is -0.292 e. The van der Waals surface area contributed by atoms with Crippen LogP contribution < -0.4 is 0 Å². The molecule has 1 amide bonds. The molecule has 0 aliphatic carbocycles. The molecule has 5 nitrogen and oxygen atoms in total. The fourth-order valence-electron chi connectivity index (χ4n) is 1.63. The predicted octanol–water partition coefficient (Wildman–Crippen LogP) is 2.00. The zero-order valence-electron chi connectivity index (χ0n) is 11.1. The van der Waals surface area contributed by atoms with E-state index >= 15 is 0 Å². The largest absolute Gasteiger partial charge is 0.292 e. The summed E-state index contributed by atoms with van der Waals surface area (Å²) in [6, 6.07) is 5.57. The first-order chi connectivity index (χ1) is 9.09. The van der Waals surface area contributed by atoms with Gasteiger partial charge < -0.3 is 0 Å². The van der Waals surface area contributed by atoms with Gasteiger partial charge in [-0.05, 0) is 18.1 Å². The van der Waals surface area contributed by atoms with Gasteiger partial charge in [0.2, 0.25) is 5.91 Å². The van der Waals surface area contributed by atoms with Crippen LogP contribution in [0, 0.1) is 5.92 Å². The quantitative estimate of drug-likeness (QED) is 0.626. The van der Waals surface area contributed by atoms with Crippen molar-refractivity contribution in [3.05, 3.63) is 30.1 Å². The Morgan fingerprint density at radius 3 is 2.84 bits per heavy atom. The number of carbonyl (C=O) groups excluding carboxylic acids is 1. The van der Waals surface area contributed by atoms with Crippen LogP contribution in [0.3, 0.4) is 0 Å². The molecule has 2 rings (SSSR count). The number of amidine groups is 1. The van der Waals surface area contributed by atoms with Crippen molar-refractivity contribution in [2.24, 2.45) is 16.1 Å². The molecule has 0 radical (unpaired) electrons. The number of thioether (sulfide) groups is 1. The van der Waals surface area contributed by atoms with Crippen molar-refractivity contribution in [3.63, 3.8) is 0 Å². The summed E-state index contributed by atoms with van der Waals surface area (Å²) >= 11 is 1.46. The summed E-state index contributed by atoms with van der Waals surface area (Å²) in [5, 5.41) is 8.66. The van der Waals surface area contributed by atoms with Gasteiger partial charge in [0.05, 0.1) is 17.2 Å². The van der Waals surface area contributed by atoms with E-state index in [0.29, 0.717) is 5.17 Å². The Balaban J connectivity index is 2.08. The van der Waals surface area contributed by atoms with Crippen molar-refractivity contribution in [2.45, 2.75) is 19.1 Å². The van der Waals surface area contributed by atoms with Crippen LogP contribution in [0.25, 0.3) is 0 Å². The third-order valence-electron chi connectivity index (χ3n) is 2.72. The number of aromatic nitrogens is 1. The average molecular weight is 276 g/mol. The molecule has 19 heavy (non-hydrogen) atoms. The first kappa shape index (κ1) is 13.7. The molecule has 1 fully saturated rings. The maximum atomic E-state index is 12.0. The van der Waals surface area contributed by atoms with Crippen LogP contribution in [0.2, 0.25) is 0 Å². The van der Waals surface area contributed by atoms with Gasteiger partial charge in [0.15, 0.2) is 5.17 Å². The van der Waals surface area contributed by atoms with Crippen LogP contribution in [0.4, 0.5) is 0 Å². The van der Waals surface area contributed by atoms with Gasteiger partial charge >= 0.3 is 0 Å². The van der Waals surface area contributed by atoms with Gasteiger partial charge in [-0.1, -0.05) is 31.7 Å². The number of hydrogen-bond acceptors (Lipinski definition) is 5. The van der Waals surface area contributed by atoms with E-state index < -0.39 is 0 Å². The second kappa shape index (κ2) is 5.97. The fourth-order valence-corrected chi connectivity index (χ4v) is 2.73. The molecule has 1 aromatic heterocycles. The molecular weight excluding hydrogens is 260 g/mol. The molecule has 1 aromatic rings. The normalized spacial score (nSPS) is 22.1. The molecule has 1 saturated heterocycles. The van der Waals surface area contributed by atoms with Gasteiger partial charge in [-0.15, -0.1) is 5.10 Å². The summed E-state index contributed by atoms with van der Waals surface area (Å²) in [5.41, 5.74) is 0.740. The average Bonchev–Trinajstić information content (AvgIpc) is 2.68. The maximum Gasteiger partial charge on any atom is 0.242 e. The number of hydrogen-bond donors (Lipinski definition) is 0. The van der Waals surface area contributed by atoms with E-state index in [1.165, 1.54) is 11.8 Å². The number of pyridine rings is 1. The van der Waals surface area contributed by atoms with Crippen LogP contribution in [-0.4, -0.2) is 39.5 Å². The zero-order valence-corrected chi connectivity index (χ0v) is 12.0. The molecule has 0 N–H and O–H groups in total. The summed E-state index contributed by atoms with van der Waals surface area (Å²) in [6.45, 7) is 4.06. The van der Waals surface area contributed by atoms with Crippen LogP contribution in [0.1, 0.15) is 19.5 Å². The van der Waals surface area contributed by atoms with Gasteiger partial charge in [0.1, 0.15) is 0 Å². The summed E-state index contributed by atoms with van der Waals surface area (Å²) < 4.78 is 0. The highest BCUT2D eigenvalue weighted by Crippen LogP contribution is 2.30. The molecule has 0 spiro atoms. The molecule has 1 aliphatic heterocycles. The Labute approximate surface area is 116 Å². The van der Waals surface area contributed by atoms with Gasteiger partial charge in [-0.3, -0.25) is 14.7 Å². The van der Waals surface area contributed by atoms with Crippen molar-refractivity contribution >= 4 is 29.1 Å². The van der Waals surface area contributed by atoms with Gasteiger partial charge in [0, 0.05) is 13.2 Å². The molecule has 1 atom stereocenters. The first-order valence-corrected chi connectivity index (χ1v) is 6.94. The molecule has 1 unspecified atom stereocenters. The molecule has 0 saturated carbocycles. The highest BCUT2D eigenvalue weighted by Gasteiger charge is 2.37. The molecule has 0 bridgehead atoms. The van der Waals surface area contributed by atoms with Crippen molar-refractivity contribution in [3.8, 4) is 0 Å². The van der Waals surface area contributed by atoms with Crippen LogP contribution in [0.5, 0.6) is 0 Å². The summed E-state index contributed by atoms with van der Waals surface area (Å²) in [4.78, 5) is 17.6. The van der Waals surface area contributed by atoms with Crippen molar-refractivity contribution < 1.29 is 4.79 Å². The smallest absolute Gasteiger partial charge is 0.242 e. The Kier molecular flexibility index (Phi) is 4.31. The molecule has 0 aromatic carbocycles. The summed E-state index contributed by atoms with van der Waals surface area (Å²) in [6.07, 6.45) is 3.28. The molecule has 6 heteroatoms. The van der Waals surface area contributed by atoms with E-state index in [9.17, 15) is 4.79 Å². The molecule has 100 valence electrons. The van der Waals surface area contributed by atoms with Crippen LogP contribution in [0.15, 0.2) is 34.6 Å². The predicted molar refractivity (Wildman–Crippen MR) is 78.3 cm³/mol. The van der Waals surface area contributed by atoms with E-state index in [-0.39, 0.29) is 17.1 Å². The Morgan fingerprint density at radius 2 is 2.26 bits per heavy atom. The highest BCUT2D eigenvalue weighted by atomic mass is 32.2. The van der Waals surface area contributed by atoms with Crippen LogP contribution in [-0.2, 0) is 4.79 Å². The van der Waals surface area contributed by atoms with Gasteiger partial charge in [-0.2, -0.15) is 5.10 Å². The lowest BCUT2D eigenvalue weighted by Gasteiger charge is -2.10. The Morgan fingerprint density at radius 1 is 1.47 bits per heavy atom. The minimum absolute atomic E-state index is 0.0613. The van der Waals surface area contributed by atoms with Gasteiger partial charge in [-0.25, -0.2) is 0 Å². The Hall–Kier alpha value is -1.69. The number of nitrogens with zero attached hydrogens (tertiary/aromatic N) is 4. The van der Waals surface area contributed by atoms with Crippen molar-refractivity contribution in [1.82, 2.24) is 9.88 Å². The number of carbonyl (C=O) groups is 1. The lowest BCUT2D eigenvalue weighted by Crippen LogP contribution is -2.30. The van der Waals surface area contributed by atoms with E-state index in [4.69, 9.17) is 0 Å². The third-order valence-corrected chi connectivity index (χ3v) is 4.29.